The number of alkyl halides is 1. The second-order valence-electron chi connectivity index (χ2n) is 6.43. The normalized spacial score (nSPS) is 13.3. The first-order valence-electron chi connectivity index (χ1n) is 9.22. The van der Waals surface area contributed by atoms with Gasteiger partial charge in [-0.1, -0.05) is 81.0 Å². The van der Waals surface area contributed by atoms with Crippen molar-refractivity contribution in [3.05, 3.63) is 47.5 Å². The van der Waals surface area contributed by atoms with Crippen molar-refractivity contribution in [2.75, 3.05) is 5.88 Å². The number of unbranched alkanes of at least 4 members (excludes halogenated alkanes) is 6. The van der Waals surface area contributed by atoms with Gasteiger partial charge in [-0.3, -0.25) is 0 Å². The predicted molar refractivity (Wildman–Crippen MR) is 102 cm³/mol. The van der Waals surface area contributed by atoms with Crippen molar-refractivity contribution in [1.82, 2.24) is 0 Å². The number of aliphatic hydroxyl groups excluding tert-OH is 1. The lowest BCUT2D eigenvalue weighted by molar-refractivity contribution is 0.165. The molecule has 0 fully saturated rings. The summed E-state index contributed by atoms with van der Waals surface area (Å²) in [4.78, 5) is 0. The molecule has 0 saturated heterocycles. The lowest BCUT2D eigenvalue weighted by Gasteiger charge is -2.12. The van der Waals surface area contributed by atoms with E-state index in [-0.39, 0.29) is 6.10 Å². The molecule has 0 saturated carbocycles. The number of aliphatic hydroxyl groups is 1. The summed E-state index contributed by atoms with van der Waals surface area (Å²) in [6.45, 7) is 2.25. The molecule has 1 aromatic rings. The highest BCUT2D eigenvalue weighted by Gasteiger charge is 2.07. The molecule has 0 spiro atoms. The van der Waals surface area contributed by atoms with Gasteiger partial charge in [0.25, 0.3) is 0 Å². The highest BCUT2D eigenvalue weighted by atomic mass is 35.5. The fourth-order valence-electron chi connectivity index (χ4n) is 2.81. The Morgan fingerprint density at radius 3 is 2.48 bits per heavy atom. The minimum absolute atomic E-state index is 0.287. The van der Waals surface area contributed by atoms with Crippen LogP contribution in [0.2, 0.25) is 0 Å². The van der Waals surface area contributed by atoms with Crippen LogP contribution in [0.5, 0.6) is 0 Å². The molecule has 1 aromatic carbocycles. The minimum Gasteiger partial charge on any atom is -0.393 e. The monoisotopic (exact) mass is 336 g/mol. The van der Waals surface area contributed by atoms with Crippen LogP contribution in [-0.2, 0) is 6.42 Å². The number of aryl methyl sites for hydroxylation is 1. The van der Waals surface area contributed by atoms with E-state index in [9.17, 15) is 5.11 Å². The minimum atomic E-state index is -0.287. The molecule has 1 nitrogen and oxygen atoms in total. The molecule has 1 unspecified atom stereocenters. The van der Waals surface area contributed by atoms with Gasteiger partial charge in [-0.05, 0) is 37.7 Å². The maximum absolute atomic E-state index is 10.2. The highest BCUT2D eigenvalue weighted by Crippen LogP contribution is 2.15. The van der Waals surface area contributed by atoms with Gasteiger partial charge < -0.3 is 5.11 Å². The summed E-state index contributed by atoms with van der Waals surface area (Å²) >= 11 is 6.03. The van der Waals surface area contributed by atoms with E-state index in [1.54, 1.807) is 0 Å². The van der Waals surface area contributed by atoms with Gasteiger partial charge in [0.2, 0.25) is 0 Å². The zero-order valence-corrected chi connectivity index (χ0v) is 15.4. The van der Waals surface area contributed by atoms with E-state index in [0.717, 1.165) is 19.3 Å². The first kappa shape index (κ1) is 20.3. The summed E-state index contributed by atoms with van der Waals surface area (Å²) in [5, 5.41) is 10.2. The number of rotatable bonds is 13. The predicted octanol–water partition coefficient (Wildman–Crippen LogP) is 6.29. The summed E-state index contributed by atoms with van der Waals surface area (Å²) in [6, 6.07) is 10.3. The molecule has 2 heteroatoms. The summed E-state index contributed by atoms with van der Waals surface area (Å²) in [6.07, 6.45) is 13.4. The third-order valence-corrected chi connectivity index (χ3v) is 4.61. The van der Waals surface area contributed by atoms with Crippen molar-refractivity contribution < 1.29 is 5.11 Å². The van der Waals surface area contributed by atoms with Crippen LogP contribution in [-0.4, -0.2) is 17.1 Å². The van der Waals surface area contributed by atoms with Crippen LogP contribution in [0.4, 0.5) is 0 Å². The quantitative estimate of drug-likeness (QED) is 0.255. The highest BCUT2D eigenvalue weighted by molar-refractivity contribution is 6.19. The molecule has 0 aliphatic carbocycles. The number of hydrogen-bond donors (Lipinski definition) is 1. The molecule has 0 aromatic heterocycles. The average molecular weight is 337 g/mol. The van der Waals surface area contributed by atoms with Gasteiger partial charge in [-0.15, -0.1) is 11.6 Å². The zero-order valence-electron chi connectivity index (χ0n) is 14.6. The van der Waals surface area contributed by atoms with Crippen LogP contribution in [0.1, 0.15) is 70.3 Å². The molecular formula is C21H33ClO. The summed E-state index contributed by atoms with van der Waals surface area (Å²) < 4.78 is 0. The Bertz CT molecular complexity index is 413. The Hall–Kier alpha value is -0.790. The molecule has 0 aliphatic heterocycles. The topological polar surface area (TPSA) is 20.2 Å². The number of allylic oxidation sites excluding steroid dienone is 1. The molecule has 130 valence electrons. The van der Waals surface area contributed by atoms with Gasteiger partial charge in [0.15, 0.2) is 0 Å². The molecule has 0 bridgehead atoms. The Balaban J connectivity index is 2.19. The Morgan fingerprint density at radius 2 is 1.78 bits per heavy atom. The van der Waals surface area contributed by atoms with Gasteiger partial charge in [-0.25, -0.2) is 0 Å². The molecule has 1 rings (SSSR count). The van der Waals surface area contributed by atoms with Crippen LogP contribution in [0.25, 0.3) is 0 Å². The molecule has 0 amide bonds. The molecule has 0 radical (unpaired) electrons. The lowest BCUT2D eigenvalue weighted by Crippen LogP contribution is -2.10. The largest absolute Gasteiger partial charge is 0.393 e. The molecule has 0 heterocycles. The lowest BCUT2D eigenvalue weighted by atomic mass is 10.0. The Labute approximate surface area is 147 Å². The van der Waals surface area contributed by atoms with Crippen molar-refractivity contribution >= 4 is 11.6 Å². The smallest absolute Gasteiger partial charge is 0.0580 e. The molecule has 1 N–H and O–H groups in total. The maximum Gasteiger partial charge on any atom is 0.0580 e. The third kappa shape index (κ3) is 10.6. The van der Waals surface area contributed by atoms with Gasteiger partial charge in [0.05, 0.1) is 6.10 Å². The van der Waals surface area contributed by atoms with Crippen molar-refractivity contribution in [3.8, 4) is 0 Å². The van der Waals surface area contributed by atoms with Gasteiger partial charge in [0.1, 0.15) is 0 Å². The first-order valence-corrected chi connectivity index (χ1v) is 9.75. The second kappa shape index (κ2) is 13.6. The van der Waals surface area contributed by atoms with Crippen LogP contribution in [0.3, 0.4) is 0 Å². The fourth-order valence-corrected chi connectivity index (χ4v) is 3.02. The molecular weight excluding hydrogens is 304 g/mol. The number of benzene rings is 1. The van der Waals surface area contributed by atoms with Crippen LogP contribution in [0.15, 0.2) is 42.0 Å². The van der Waals surface area contributed by atoms with Gasteiger partial charge >= 0.3 is 0 Å². The van der Waals surface area contributed by atoms with E-state index in [1.807, 2.05) is 18.2 Å². The standard InChI is InChI=1S/C21H33ClO/c1-2-3-4-5-6-7-9-14-20(18-22)17-21(23)16-15-19-12-10-8-11-13-19/h8,10-14,21,23H,2-7,9,15-18H2,1H3/b20-14-. The van der Waals surface area contributed by atoms with E-state index in [1.165, 1.54) is 49.7 Å². The van der Waals surface area contributed by atoms with Crippen LogP contribution in [0, 0.1) is 0 Å². The fraction of sp³-hybridized carbons (Fsp3) is 0.619. The summed E-state index contributed by atoms with van der Waals surface area (Å²) in [5.74, 6) is 0.540. The van der Waals surface area contributed by atoms with Gasteiger partial charge in [-0.2, -0.15) is 0 Å². The zero-order chi connectivity index (χ0) is 16.8. The number of hydrogen-bond acceptors (Lipinski definition) is 1. The molecule has 1 atom stereocenters. The van der Waals surface area contributed by atoms with E-state index >= 15 is 0 Å². The molecule has 23 heavy (non-hydrogen) atoms. The van der Waals surface area contributed by atoms with Crippen molar-refractivity contribution in [3.63, 3.8) is 0 Å². The van der Waals surface area contributed by atoms with Crippen LogP contribution < -0.4 is 0 Å². The summed E-state index contributed by atoms with van der Waals surface area (Å²) in [5.41, 5.74) is 2.48. The van der Waals surface area contributed by atoms with Crippen molar-refractivity contribution in [2.45, 2.75) is 77.2 Å². The second-order valence-corrected chi connectivity index (χ2v) is 6.70. The van der Waals surface area contributed by atoms with Crippen molar-refractivity contribution in [1.29, 1.82) is 0 Å². The van der Waals surface area contributed by atoms with E-state index < -0.39 is 0 Å². The average Bonchev–Trinajstić information content (AvgIpc) is 2.59. The Kier molecular flexibility index (Phi) is 12.0. The van der Waals surface area contributed by atoms with Gasteiger partial charge in [0, 0.05) is 5.88 Å². The number of halogens is 1. The van der Waals surface area contributed by atoms with Crippen molar-refractivity contribution in [2.24, 2.45) is 0 Å². The van der Waals surface area contributed by atoms with E-state index in [2.05, 4.69) is 25.1 Å². The van der Waals surface area contributed by atoms with Crippen LogP contribution >= 0.6 is 11.6 Å². The summed E-state index contributed by atoms with van der Waals surface area (Å²) in [7, 11) is 0. The Morgan fingerprint density at radius 1 is 1.09 bits per heavy atom. The SMILES string of the molecule is CCCCCCCC/C=C(\CCl)CC(O)CCc1ccccc1. The van der Waals surface area contributed by atoms with E-state index in [4.69, 9.17) is 11.6 Å². The third-order valence-electron chi connectivity index (χ3n) is 4.27. The van der Waals surface area contributed by atoms with E-state index in [0.29, 0.717) is 12.3 Å². The maximum atomic E-state index is 10.2. The first-order chi connectivity index (χ1) is 11.3. The molecule has 0 aliphatic rings.